The van der Waals surface area contributed by atoms with Crippen molar-refractivity contribution in [3.8, 4) is 11.4 Å². The summed E-state index contributed by atoms with van der Waals surface area (Å²) < 4.78 is 8.92. The molecule has 0 bridgehead atoms. The summed E-state index contributed by atoms with van der Waals surface area (Å²) in [5.41, 5.74) is 11.6. The monoisotopic (exact) mass is 752 g/mol. The number of methoxy groups -OCH3 is 1. The van der Waals surface area contributed by atoms with E-state index >= 15 is 0 Å². The van der Waals surface area contributed by atoms with E-state index in [2.05, 4.69) is 31.4 Å². The number of unbranched alkanes of at least 4 members (excludes halogenated alkanes) is 3. The topological polar surface area (TPSA) is 191 Å². The number of aromatic nitrogens is 4. The van der Waals surface area contributed by atoms with Gasteiger partial charge in [-0.2, -0.15) is 9.97 Å². The molecule has 54 heavy (non-hydrogen) atoms. The molecule has 5 rings (SSSR count). The molecule has 0 fully saturated rings. The Hall–Kier alpha value is -6.13. The normalized spacial score (nSPS) is 10.7. The molecule has 16 heteroatoms. The second-order valence-electron chi connectivity index (χ2n) is 12.0. The SMILES string of the molecule is COc1cc(C(=O)NCCCCCCC(=O)NOCc2ccccc2)ccc1Nc1ncc(-n2ccc(N)nc2=O)c(Nc2ccccc2N(C)SC)n1. The number of benzene rings is 3. The minimum absolute atomic E-state index is 0.0979. The van der Waals surface area contributed by atoms with Crippen LogP contribution in [0, 0.1) is 0 Å². The van der Waals surface area contributed by atoms with Crippen molar-refractivity contribution in [2.24, 2.45) is 0 Å². The first-order valence-corrected chi connectivity index (χ1v) is 18.5. The van der Waals surface area contributed by atoms with Crippen molar-refractivity contribution in [2.75, 3.05) is 47.6 Å². The third-order valence-corrected chi connectivity index (χ3v) is 8.96. The Morgan fingerprint density at radius 3 is 2.48 bits per heavy atom. The maximum absolute atomic E-state index is 13.0. The fourth-order valence-electron chi connectivity index (χ4n) is 5.33. The molecule has 0 aliphatic heterocycles. The third kappa shape index (κ3) is 10.9. The van der Waals surface area contributed by atoms with E-state index in [-0.39, 0.29) is 23.6 Å². The van der Waals surface area contributed by atoms with Gasteiger partial charge in [0.25, 0.3) is 5.91 Å². The van der Waals surface area contributed by atoms with Crippen LogP contribution >= 0.6 is 11.9 Å². The van der Waals surface area contributed by atoms with E-state index in [1.165, 1.54) is 30.1 Å². The number of nitrogens with two attached hydrogens (primary N) is 1. The maximum Gasteiger partial charge on any atom is 0.354 e. The second kappa shape index (κ2) is 19.6. The zero-order valence-corrected chi connectivity index (χ0v) is 31.2. The number of amides is 2. The number of anilines is 6. The van der Waals surface area contributed by atoms with E-state index in [4.69, 9.17) is 20.3 Å². The molecule has 0 unspecified atom stereocenters. The van der Waals surface area contributed by atoms with Crippen molar-refractivity contribution in [1.82, 2.24) is 30.3 Å². The lowest BCUT2D eigenvalue weighted by molar-refractivity contribution is -0.134. The van der Waals surface area contributed by atoms with E-state index in [0.717, 1.165) is 42.6 Å². The molecule has 0 aliphatic rings. The molecule has 6 N–H and O–H groups in total. The lowest BCUT2D eigenvalue weighted by Gasteiger charge is -2.21. The number of carbonyl (C=O) groups excluding carboxylic acids is 2. The van der Waals surface area contributed by atoms with Crippen LogP contribution < -0.4 is 41.9 Å². The van der Waals surface area contributed by atoms with Crippen LogP contribution in [0.4, 0.5) is 34.6 Å². The molecule has 2 aromatic heterocycles. The highest BCUT2D eigenvalue weighted by atomic mass is 32.2. The molecule has 3 aromatic carbocycles. The number of nitrogen functional groups attached to an aromatic ring is 1. The Morgan fingerprint density at radius 2 is 1.70 bits per heavy atom. The molecule has 2 amide bonds. The summed E-state index contributed by atoms with van der Waals surface area (Å²) in [5.74, 6) is 0.649. The van der Waals surface area contributed by atoms with Gasteiger partial charge in [-0.25, -0.2) is 15.3 Å². The summed E-state index contributed by atoms with van der Waals surface area (Å²) in [5, 5.41) is 9.48. The van der Waals surface area contributed by atoms with E-state index < -0.39 is 5.69 Å². The van der Waals surface area contributed by atoms with Crippen molar-refractivity contribution in [2.45, 2.75) is 38.7 Å². The van der Waals surface area contributed by atoms with Crippen molar-refractivity contribution in [1.29, 1.82) is 0 Å². The number of nitrogens with zero attached hydrogens (tertiary/aromatic N) is 5. The Balaban J connectivity index is 1.17. The second-order valence-corrected chi connectivity index (χ2v) is 12.9. The highest BCUT2D eigenvalue weighted by Gasteiger charge is 2.17. The molecular weight excluding hydrogens is 709 g/mol. The van der Waals surface area contributed by atoms with Crippen LogP contribution in [0.25, 0.3) is 5.69 Å². The molecule has 0 radical (unpaired) electrons. The average Bonchev–Trinajstić information content (AvgIpc) is 3.18. The third-order valence-electron chi connectivity index (χ3n) is 8.22. The predicted octanol–water partition coefficient (Wildman–Crippen LogP) is 5.74. The minimum atomic E-state index is -0.585. The van der Waals surface area contributed by atoms with Gasteiger partial charge in [-0.05, 0) is 54.8 Å². The number of hydrogen-bond acceptors (Lipinski definition) is 13. The molecule has 282 valence electrons. The molecule has 15 nitrogen and oxygen atoms in total. The Morgan fingerprint density at radius 1 is 0.926 bits per heavy atom. The van der Waals surface area contributed by atoms with Gasteiger partial charge in [0.2, 0.25) is 11.9 Å². The zero-order valence-electron chi connectivity index (χ0n) is 30.4. The quantitative estimate of drug-likeness (QED) is 0.0390. The van der Waals surface area contributed by atoms with Crippen molar-refractivity contribution < 1.29 is 19.2 Å². The first-order valence-electron chi connectivity index (χ1n) is 17.3. The molecule has 0 saturated heterocycles. The van der Waals surface area contributed by atoms with Crippen LogP contribution in [0.3, 0.4) is 0 Å². The number of hydroxylamine groups is 1. The van der Waals surface area contributed by atoms with Crippen LogP contribution in [0.5, 0.6) is 5.75 Å². The minimum Gasteiger partial charge on any atom is -0.495 e. The van der Waals surface area contributed by atoms with Crippen molar-refractivity contribution in [3.63, 3.8) is 0 Å². The van der Waals surface area contributed by atoms with E-state index in [1.54, 1.807) is 30.1 Å². The van der Waals surface area contributed by atoms with Gasteiger partial charge in [-0.15, -0.1) is 0 Å². The van der Waals surface area contributed by atoms with Crippen LogP contribution in [0.15, 0.2) is 96.1 Å². The summed E-state index contributed by atoms with van der Waals surface area (Å²) in [6.07, 6.45) is 8.57. The number of ether oxygens (including phenoxy) is 1. The smallest absolute Gasteiger partial charge is 0.354 e. The zero-order chi connectivity index (χ0) is 38.3. The lowest BCUT2D eigenvalue weighted by atomic mass is 10.1. The summed E-state index contributed by atoms with van der Waals surface area (Å²) in [6.45, 7) is 0.811. The van der Waals surface area contributed by atoms with E-state index in [9.17, 15) is 14.4 Å². The molecule has 0 atom stereocenters. The van der Waals surface area contributed by atoms with E-state index in [0.29, 0.717) is 48.1 Å². The number of nitrogens with one attached hydrogen (secondary N) is 4. The summed E-state index contributed by atoms with van der Waals surface area (Å²) in [4.78, 5) is 56.1. The molecule has 0 saturated carbocycles. The summed E-state index contributed by atoms with van der Waals surface area (Å²) in [7, 11) is 3.45. The maximum atomic E-state index is 13.0. The number of para-hydroxylation sites is 2. The summed E-state index contributed by atoms with van der Waals surface area (Å²) >= 11 is 1.54. The van der Waals surface area contributed by atoms with Gasteiger partial charge in [-0.3, -0.25) is 19.0 Å². The van der Waals surface area contributed by atoms with Crippen LogP contribution in [0.1, 0.15) is 48.0 Å². The highest BCUT2D eigenvalue weighted by molar-refractivity contribution is 7.99. The van der Waals surface area contributed by atoms with Crippen molar-refractivity contribution in [3.05, 3.63) is 113 Å². The molecule has 5 aromatic rings. The predicted molar refractivity (Wildman–Crippen MR) is 213 cm³/mol. The molecule has 0 aliphatic carbocycles. The van der Waals surface area contributed by atoms with Gasteiger partial charge in [0, 0.05) is 38.0 Å². The van der Waals surface area contributed by atoms with Crippen molar-refractivity contribution >= 4 is 58.4 Å². The Bertz CT molecular complexity index is 2080. The lowest BCUT2D eigenvalue weighted by Crippen LogP contribution is -2.24. The van der Waals surface area contributed by atoms with E-state index in [1.807, 2.05) is 72.2 Å². The Kier molecular flexibility index (Phi) is 14.2. The number of hydrogen-bond donors (Lipinski definition) is 5. The average molecular weight is 753 g/mol. The van der Waals surface area contributed by atoms with Gasteiger partial charge in [0.05, 0.1) is 37.0 Å². The number of rotatable bonds is 19. The van der Waals surface area contributed by atoms with Crippen LogP contribution in [0.2, 0.25) is 0 Å². The van der Waals surface area contributed by atoms with Gasteiger partial charge in [0.1, 0.15) is 17.3 Å². The summed E-state index contributed by atoms with van der Waals surface area (Å²) in [6, 6.07) is 23.9. The fraction of sp³-hybridized carbons (Fsp3) is 0.263. The first-order chi connectivity index (χ1) is 26.2. The standard InChI is InChI=1S/C38H44N10O5S/c1-47(54-3)30-16-11-10-15-28(30)42-35-31(48-22-20-33(39)44-38(48)51)24-41-37(45-35)43-29-19-18-27(23-32(29)52-2)36(50)40-21-12-5-4-9-17-34(49)46-53-25-26-13-7-6-8-14-26/h6-8,10-11,13-16,18-20,22-24H,4-5,9,12,17,21,25H2,1-3H3,(H,40,50)(H,46,49)(H2,39,44,51)(H2,41,42,43,45). The number of carbonyl (C=O) groups is 2. The van der Waals surface area contributed by atoms with Crippen LogP contribution in [-0.4, -0.2) is 58.3 Å². The highest BCUT2D eigenvalue weighted by Crippen LogP contribution is 2.33. The molecule has 0 spiro atoms. The first kappa shape index (κ1) is 39.1. The Labute approximate surface area is 317 Å². The van der Waals surface area contributed by atoms with Gasteiger partial charge in [-0.1, -0.05) is 67.3 Å². The van der Waals surface area contributed by atoms with Crippen LogP contribution in [-0.2, 0) is 16.2 Å². The molecular formula is C38H44N10O5S. The largest absolute Gasteiger partial charge is 0.495 e. The fourth-order valence-corrected chi connectivity index (χ4v) is 5.69. The molecule has 2 heterocycles. The van der Waals surface area contributed by atoms with Gasteiger partial charge < -0.3 is 30.7 Å². The van der Waals surface area contributed by atoms with Gasteiger partial charge in [0.15, 0.2) is 5.82 Å². The van der Waals surface area contributed by atoms with Gasteiger partial charge >= 0.3 is 5.69 Å².